The van der Waals surface area contributed by atoms with E-state index >= 15 is 0 Å². The molecular formula is C13H15ClN2O2. The first-order chi connectivity index (χ1) is 8.56. The Bertz CT molecular complexity index is 484. The molecule has 0 bridgehead atoms. The van der Waals surface area contributed by atoms with Gasteiger partial charge >= 0.3 is 0 Å². The second kappa shape index (κ2) is 5.40. The molecule has 2 amide bonds. The van der Waals surface area contributed by atoms with Crippen molar-refractivity contribution in [3.63, 3.8) is 0 Å². The molecule has 2 rings (SSSR count). The van der Waals surface area contributed by atoms with E-state index in [0.29, 0.717) is 28.7 Å². The molecule has 0 saturated heterocycles. The highest BCUT2D eigenvalue weighted by Gasteiger charge is 2.22. The molecule has 1 aromatic rings. The van der Waals surface area contributed by atoms with Crippen LogP contribution in [0.25, 0.3) is 0 Å². The van der Waals surface area contributed by atoms with Gasteiger partial charge in [0.05, 0.1) is 11.3 Å². The molecule has 0 aromatic heterocycles. The van der Waals surface area contributed by atoms with Gasteiger partial charge < -0.3 is 10.6 Å². The van der Waals surface area contributed by atoms with Crippen molar-refractivity contribution in [3.8, 4) is 0 Å². The Balaban J connectivity index is 2.13. The minimum atomic E-state index is -0.228. The van der Waals surface area contributed by atoms with Crippen molar-refractivity contribution < 1.29 is 9.59 Å². The molecule has 1 aliphatic carbocycles. The molecule has 0 spiro atoms. The Morgan fingerprint density at radius 3 is 2.72 bits per heavy atom. The normalized spacial score (nSPS) is 14.1. The molecule has 18 heavy (non-hydrogen) atoms. The molecule has 0 aliphatic heterocycles. The van der Waals surface area contributed by atoms with Crippen molar-refractivity contribution in [2.75, 3.05) is 11.9 Å². The van der Waals surface area contributed by atoms with Crippen molar-refractivity contribution in [3.05, 3.63) is 28.8 Å². The standard InChI is InChI=1S/C13H15ClN2O2/c1-8(17)16-12-6-10(14)4-5-11(12)13(18)15-7-9-2-3-9/h4-6,9H,2-3,7H2,1H3,(H,15,18)(H,16,17). The highest BCUT2D eigenvalue weighted by Crippen LogP contribution is 2.28. The van der Waals surface area contributed by atoms with Crippen molar-refractivity contribution in [2.45, 2.75) is 19.8 Å². The van der Waals surface area contributed by atoms with E-state index in [0.717, 1.165) is 0 Å². The van der Waals surface area contributed by atoms with Crippen LogP contribution in [0.2, 0.25) is 5.02 Å². The molecular weight excluding hydrogens is 252 g/mol. The van der Waals surface area contributed by atoms with Crippen LogP contribution in [0.5, 0.6) is 0 Å². The number of halogens is 1. The predicted octanol–water partition coefficient (Wildman–Crippen LogP) is 2.44. The summed E-state index contributed by atoms with van der Waals surface area (Å²) in [4.78, 5) is 23.1. The van der Waals surface area contributed by atoms with Crippen LogP contribution >= 0.6 is 11.6 Å². The lowest BCUT2D eigenvalue weighted by Crippen LogP contribution is -2.26. The van der Waals surface area contributed by atoms with Crippen molar-refractivity contribution in [1.29, 1.82) is 0 Å². The molecule has 1 aromatic carbocycles. The highest BCUT2D eigenvalue weighted by molar-refractivity contribution is 6.31. The first kappa shape index (κ1) is 12.9. The lowest BCUT2D eigenvalue weighted by molar-refractivity contribution is -0.114. The van der Waals surface area contributed by atoms with Crippen molar-refractivity contribution in [2.24, 2.45) is 5.92 Å². The van der Waals surface area contributed by atoms with E-state index in [1.54, 1.807) is 18.2 Å². The van der Waals surface area contributed by atoms with Gasteiger partial charge in [0.25, 0.3) is 5.91 Å². The molecule has 0 heterocycles. The zero-order chi connectivity index (χ0) is 13.1. The average molecular weight is 267 g/mol. The van der Waals surface area contributed by atoms with Crippen LogP contribution in [0.4, 0.5) is 5.69 Å². The fourth-order valence-electron chi connectivity index (χ4n) is 1.66. The quantitative estimate of drug-likeness (QED) is 0.879. The van der Waals surface area contributed by atoms with Crippen LogP contribution in [0.1, 0.15) is 30.1 Å². The fourth-order valence-corrected chi connectivity index (χ4v) is 1.83. The number of amides is 2. The summed E-state index contributed by atoms with van der Waals surface area (Å²) in [5, 5.41) is 5.96. The van der Waals surface area contributed by atoms with E-state index in [9.17, 15) is 9.59 Å². The zero-order valence-electron chi connectivity index (χ0n) is 10.1. The number of hydrogen-bond acceptors (Lipinski definition) is 2. The zero-order valence-corrected chi connectivity index (χ0v) is 10.9. The van der Waals surface area contributed by atoms with Gasteiger partial charge in [0, 0.05) is 18.5 Å². The Kier molecular flexibility index (Phi) is 3.87. The van der Waals surface area contributed by atoms with Gasteiger partial charge in [0.1, 0.15) is 0 Å². The molecule has 5 heteroatoms. The van der Waals surface area contributed by atoms with E-state index < -0.39 is 0 Å². The second-order valence-corrected chi connectivity index (χ2v) is 4.96. The maximum Gasteiger partial charge on any atom is 0.253 e. The number of benzene rings is 1. The molecule has 1 fully saturated rings. The number of nitrogens with one attached hydrogen (secondary N) is 2. The summed E-state index contributed by atoms with van der Waals surface area (Å²) in [6.07, 6.45) is 2.36. The lowest BCUT2D eigenvalue weighted by Gasteiger charge is -2.10. The fraction of sp³-hybridized carbons (Fsp3) is 0.385. The number of hydrogen-bond donors (Lipinski definition) is 2. The topological polar surface area (TPSA) is 58.2 Å². The Morgan fingerprint density at radius 1 is 1.39 bits per heavy atom. The van der Waals surface area contributed by atoms with Gasteiger partial charge in [-0.25, -0.2) is 0 Å². The third kappa shape index (κ3) is 3.47. The largest absolute Gasteiger partial charge is 0.352 e. The van der Waals surface area contributed by atoms with E-state index in [1.807, 2.05) is 0 Å². The van der Waals surface area contributed by atoms with Crippen LogP contribution in [0.3, 0.4) is 0 Å². The SMILES string of the molecule is CC(=O)Nc1cc(Cl)ccc1C(=O)NCC1CC1. The van der Waals surface area contributed by atoms with Gasteiger partial charge in [-0.1, -0.05) is 11.6 Å². The van der Waals surface area contributed by atoms with Crippen molar-refractivity contribution in [1.82, 2.24) is 5.32 Å². The maximum atomic E-state index is 12.0. The molecule has 1 aliphatic rings. The summed E-state index contributed by atoms with van der Waals surface area (Å²) in [6.45, 7) is 2.09. The lowest BCUT2D eigenvalue weighted by atomic mass is 10.1. The minimum Gasteiger partial charge on any atom is -0.352 e. The number of carbonyl (C=O) groups excluding carboxylic acids is 2. The maximum absolute atomic E-state index is 12.0. The number of anilines is 1. The molecule has 0 unspecified atom stereocenters. The summed E-state index contributed by atoms with van der Waals surface area (Å²) in [5.41, 5.74) is 0.888. The third-order valence-electron chi connectivity index (χ3n) is 2.79. The summed E-state index contributed by atoms with van der Waals surface area (Å²) in [6, 6.07) is 4.84. The number of carbonyl (C=O) groups is 2. The van der Waals surface area contributed by atoms with Crippen LogP contribution in [0, 0.1) is 5.92 Å². The van der Waals surface area contributed by atoms with Gasteiger partial charge in [-0.15, -0.1) is 0 Å². The van der Waals surface area contributed by atoms with Crippen LogP contribution in [-0.4, -0.2) is 18.4 Å². The molecule has 1 saturated carbocycles. The molecule has 2 N–H and O–H groups in total. The Labute approximate surface area is 111 Å². The van der Waals surface area contributed by atoms with Crippen molar-refractivity contribution >= 4 is 29.1 Å². The van der Waals surface area contributed by atoms with E-state index in [2.05, 4.69) is 10.6 Å². The van der Waals surface area contributed by atoms with Crippen LogP contribution < -0.4 is 10.6 Å². The van der Waals surface area contributed by atoms with Gasteiger partial charge in [-0.2, -0.15) is 0 Å². The van der Waals surface area contributed by atoms with Crippen LogP contribution in [0.15, 0.2) is 18.2 Å². The van der Waals surface area contributed by atoms with E-state index in [4.69, 9.17) is 11.6 Å². The summed E-state index contributed by atoms with van der Waals surface area (Å²) in [5.74, 6) is 0.210. The molecule has 96 valence electrons. The smallest absolute Gasteiger partial charge is 0.253 e. The number of rotatable bonds is 4. The molecule has 4 nitrogen and oxygen atoms in total. The van der Waals surface area contributed by atoms with Gasteiger partial charge in [-0.05, 0) is 37.0 Å². The van der Waals surface area contributed by atoms with Gasteiger partial charge in [0.15, 0.2) is 0 Å². The molecule has 0 atom stereocenters. The minimum absolute atomic E-state index is 0.178. The Morgan fingerprint density at radius 2 is 2.11 bits per heavy atom. The van der Waals surface area contributed by atoms with E-state index in [1.165, 1.54) is 19.8 Å². The van der Waals surface area contributed by atoms with Gasteiger partial charge in [0.2, 0.25) is 5.91 Å². The van der Waals surface area contributed by atoms with Gasteiger partial charge in [-0.3, -0.25) is 9.59 Å². The van der Waals surface area contributed by atoms with E-state index in [-0.39, 0.29) is 11.8 Å². The monoisotopic (exact) mass is 266 g/mol. The Hall–Kier alpha value is -1.55. The highest BCUT2D eigenvalue weighted by atomic mass is 35.5. The average Bonchev–Trinajstić information content (AvgIpc) is 3.09. The summed E-state index contributed by atoms with van der Waals surface area (Å²) < 4.78 is 0. The first-order valence-corrected chi connectivity index (χ1v) is 6.29. The predicted molar refractivity (Wildman–Crippen MR) is 70.8 cm³/mol. The molecule has 0 radical (unpaired) electrons. The first-order valence-electron chi connectivity index (χ1n) is 5.91. The third-order valence-corrected chi connectivity index (χ3v) is 3.02. The van der Waals surface area contributed by atoms with Crippen LogP contribution in [-0.2, 0) is 4.79 Å². The second-order valence-electron chi connectivity index (χ2n) is 4.52. The summed E-state index contributed by atoms with van der Waals surface area (Å²) >= 11 is 5.86. The summed E-state index contributed by atoms with van der Waals surface area (Å²) in [7, 11) is 0.